The number of likely N-dealkylation sites (tertiary alicyclic amines) is 1. The zero-order valence-corrected chi connectivity index (χ0v) is 13.2. The van der Waals surface area contributed by atoms with E-state index >= 15 is 0 Å². The van der Waals surface area contributed by atoms with Gasteiger partial charge in [-0.2, -0.15) is 0 Å². The van der Waals surface area contributed by atoms with Gasteiger partial charge in [0.05, 0.1) is 0 Å². The van der Waals surface area contributed by atoms with Gasteiger partial charge in [0.25, 0.3) is 0 Å². The van der Waals surface area contributed by atoms with E-state index < -0.39 is 15.8 Å². The summed E-state index contributed by atoms with van der Waals surface area (Å²) in [7, 11) is -3.49. The van der Waals surface area contributed by atoms with Crippen LogP contribution in [0.25, 0.3) is 0 Å². The molecule has 19 heavy (non-hydrogen) atoms. The molecule has 1 rings (SSSR count). The first kappa shape index (κ1) is 18.6. The lowest BCUT2D eigenvalue weighted by atomic mass is 10.2. The molecule has 0 aromatic heterocycles. The first-order chi connectivity index (χ1) is 8.46. The molecule has 1 saturated heterocycles. The minimum absolute atomic E-state index is 0. The van der Waals surface area contributed by atoms with Crippen LogP contribution in [-0.4, -0.2) is 61.5 Å². The molecule has 0 aromatic carbocycles. The molecule has 0 radical (unpaired) electrons. The van der Waals surface area contributed by atoms with Gasteiger partial charge >= 0.3 is 0 Å². The van der Waals surface area contributed by atoms with Crippen LogP contribution in [0.1, 0.15) is 26.7 Å². The summed E-state index contributed by atoms with van der Waals surface area (Å²) in [6, 6.07) is 0.00408. The Hall–Kier alpha value is -0.370. The fourth-order valence-electron chi connectivity index (χ4n) is 2.36. The lowest BCUT2D eigenvalue weighted by Gasteiger charge is -2.25. The van der Waals surface area contributed by atoms with Gasteiger partial charge in [0, 0.05) is 32.2 Å². The van der Waals surface area contributed by atoms with Crippen LogP contribution in [0.15, 0.2) is 0 Å². The molecule has 114 valence electrons. The molecular weight excluding hydrogens is 290 g/mol. The van der Waals surface area contributed by atoms with Gasteiger partial charge in [0.2, 0.25) is 15.9 Å². The van der Waals surface area contributed by atoms with E-state index in [1.54, 1.807) is 18.7 Å². The third kappa shape index (κ3) is 4.59. The van der Waals surface area contributed by atoms with E-state index in [-0.39, 0.29) is 24.4 Å². The van der Waals surface area contributed by atoms with Crippen LogP contribution in [0.5, 0.6) is 0 Å². The number of nitrogens with zero attached hydrogens (tertiary/aromatic N) is 2. The quantitative estimate of drug-likeness (QED) is 0.750. The minimum Gasteiger partial charge on any atom is -0.338 e. The average molecular weight is 314 g/mol. The van der Waals surface area contributed by atoms with E-state index in [0.29, 0.717) is 26.2 Å². The molecule has 1 atom stereocenters. The Morgan fingerprint density at radius 2 is 1.95 bits per heavy atom. The van der Waals surface area contributed by atoms with Crippen molar-refractivity contribution in [1.82, 2.24) is 9.21 Å². The molecule has 0 aliphatic carbocycles. The Balaban J connectivity index is 0.00000324. The Morgan fingerprint density at radius 3 is 2.42 bits per heavy atom. The molecule has 1 aliphatic rings. The van der Waals surface area contributed by atoms with Gasteiger partial charge in [-0.05, 0) is 12.8 Å². The lowest BCUT2D eigenvalue weighted by molar-refractivity contribution is -0.129. The number of rotatable bonds is 6. The molecule has 0 saturated carbocycles. The third-order valence-electron chi connectivity index (χ3n) is 3.37. The molecule has 8 heteroatoms. The van der Waals surface area contributed by atoms with Gasteiger partial charge < -0.3 is 10.6 Å². The van der Waals surface area contributed by atoms with Gasteiger partial charge in [-0.3, -0.25) is 4.79 Å². The highest BCUT2D eigenvalue weighted by Crippen LogP contribution is 2.17. The SMILES string of the molecule is CCN(CC)S(=O)(=O)CC(=O)N1CCCC1CN.Cl. The maximum Gasteiger partial charge on any atom is 0.239 e. The number of hydrogen-bond acceptors (Lipinski definition) is 4. The molecule has 1 amide bonds. The van der Waals surface area contributed by atoms with Crippen molar-refractivity contribution in [2.45, 2.75) is 32.7 Å². The molecule has 1 aliphatic heterocycles. The Bertz CT molecular complexity index is 385. The van der Waals surface area contributed by atoms with Crippen molar-refractivity contribution in [2.75, 3.05) is 31.9 Å². The summed E-state index contributed by atoms with van der Waals surface area (Å²) in [6.07, 6.45) is 1.77. The van der Waals surface area contributed by atoms with Crippen molar-refractivity contribution in [3.63, 3.8) is 0 Å². The Kier molecular flexibility index (Phi) is 7.88. The first-order valence-corrected chi connectivity index (χ1v) is 8.04. The predicted octanol–water partition coefficient (Wildman–Crippen LogP) is 0.0295. The standard InChI is InChI=1S/C11H23N3O3S.ClH/c1-3-13(4-2)18(16,17)9-11(15)14-7-5-6-10(14)8-12;/h10H,3-9,12H2,1-2H3;1H. The third-order valence-corrected chi connectivity index (χ3v) is 5.29. The fraction of sp³-hybridized carbons (Fsp3) is 0.909. The maximum absolute atomic E-state index is 12.0. The van der Waals surface area contributed by atoms with Gasteiger partial charge in [-0.15, -0.1) is 12.4 Å². The van der Waals surface area contributed by atoms with Crippen molar-refractivity contribution >= 4 is 28.3 Å². The van der Waals surface area contributed by atoms with Crippen LogP contribution in [0, 0.1) is 0 Å². The van der Waals surface area contributed by atoms with Crippen LogP contribution < -0.4 is 5.73 Å². The second-order valence-corrected chi connectivity index (χ2v) is 6.43. The molecule has 0 spiro atoms. The fourth-order valence-corrected chi connectivity index (χ4v) is 3.80. The summed E-state index contributed by atoms with van der Waals surface area (Å²) >= 11 is 0. The second kappa shape index (κ2) is 8.04. The Morgan fingerprint density at radius 1 is 1.37 bits per heavy atom. The predicted molar refractivity (Wildman–Crippen MR) is 77.7 cm³/mol. The van der Waals surface area contributed by atoms with E-state index in [0.717, 1.165) is 12.8 Å². The van der Waals surface area contributed by atoms with Crippen molar-refractivity contribution in [3.05, 3.63) is 0 Å². The normalized spacial score (nSPS) is 19.6. The van der Waals surface area contributed by atoms with Crippen LogP contribution in [0.3, 0.4) is 0 Å². The van der Waals surface area contributed by atoms with Crippen molar-refractivity contribution in [2.24, 2.45) is 5.73 Å². The molecule has 6 nitrogen and oxygen atoms in total. The number of nitrogens with two attached hydrogens (primary N) is 1. The summed E-state index contributed by atoms with van der Waals surface area (Å²) in [5.74, 6) is -0.764. The van der Waals surface area contributed by atoms with E-state index in [1.807, 2.05) is 0 Å². The number of halogens is 1. The molecular formula is C11H24ClN3O3S. The lowest BCUT2D eigenvalue weighted by Crippen LogP contribution is -2.45. The Labute approximate surface area is 121 Å². The van der Waals surface area contributed by atoms with Gasteiger partial charge in [-0.25, -0.2) is 12.7 Å². The van der Waals surface area contributed by atoms with Crippen LogP contribution in [-0.2, 0) is 14.8 Å². The molecule has 0 bridgehead atoms. The highest BCUT2D eigenvalue weighted by molar-refractivity contribution is 7.89. The highest BCUT2D eigenvalue weighted by atomic mass is 35.5. The molecule has 0 aromatic rings. The summed E-state index contributed by atoms with van der Waals surface area (Å²) in [5.41, 5.74) is 5.58. The smallest absolute Gasteiger partial charge is 0.239 e. The highest BCUT2D eigenvalue weighted by Gasteiger charge is 2.31. The van der Waals surface area contributed by atoms with Crippen LogP contribution >= 0.6 is 12.4 Å². The topological polar surface area (TPSA) is 83.7 Å². The van der Waals surface area contributed by atoms with E-state index in [2.05, 4.69) is 0 Å². The van der Waals surface area contributed by atoms with Crippen molar-refractivity contribution < 1.29 is 13.2 Å². The largest absolute Gasteiger partial charge is 0.338 e. The molecule has 1 unspecified atom stereocenters. The summed E-state index contributed by atoms with van der Waals surface area (Å²) in [6.45, 7) is 5.35. The summed E-state index contributed by atoms with van der Waals surface area (Å²) in [5, 5.41) is 0. The summed E-state index contributed by atoms with van der Waals surface area (Å²) < 4.78 is 25.3. The first-order valence-electron chi connectivity index (χ1n) is 6.43. The number of carbonyl (C=O) groups is 1. The number of sulfonamides is 1. The summed E-state index contributed by atoms with van der Waals surface area (Å²) in [4.78, 5) is 13.6. The van der Waals surface area contributed by atoms with Crippen LogP contribution in [0.4, 0.5) is 0 Å². The molecule has 2 N–H and O–H groups in total. The molecule has 1 heterocycles. The van der Waals surface area contributed by atoms with E-state index in [4.69, 9.17) is 5.73 Å². The van der Waals surface area contributed by atoms with Crippen molar-refractivity contribution in [1.29, 1.82) is 0 Å². The number of hydrogen-bond donors (Lipinski definition) is 1. The molecule has 1 fully saturated rings. The number of amides is 1. The maximum atomic E-state index is 12.0. The average Bonchev–Trinajstić information content (AvgIpc) is 2.77. The minimum atomic E-state index is -3.49. The van der Waals surface area contributed by atoms with Gasteiger partial charge in [0.15, 0.2) is 0 Å². The zero-order chi connectivity index (χ0) is 13.8. The van der Waals surface area contributed by atoms with Crippen molar-refractivity contribution in [3.8, 4) is 0 Å². The van der Waals surface area contributed by atoms with E-state index in [1.165, 1.54) is 4.31 Å². The zero-order valence-electron chi connectivity index (χ0n) is 11.5. The second-order valence-electron chi connectivity index (χ2n) is 4.46. The van der Waals surface area contributed by atoms with E-state index in [9.17, 15) is 13.2 Å². The van der Waals surface area contributed by atoms with Crippen LogP contribution in [0.2, 0.25) is 0 Å². The number of carbonyl (C=O) groups excluding carboxylic acids is 1. The van der Waals surface area contributed by atoms with Gasteiger partial charge in [0.1, 0.15) is 5.75 Å². The monoisotopic (exact) mass is 313 g/mol. The van der Waals surface area contributed by atoms with Gasteiger partial charge in [-0.1, -0.05) is 13.8 Å².